The Morgan fingerprint density at radius 3 is 2.59 bits per heavy atom. The number of carbonyl (C=O) groups is 1. The fourth-order valence-electron chi connectivity index (χ4n) is 4.74. The SMILES string of the molecule is CCCC(CCN)COC(=O)Nc1ccc(-c2cnc(C3CCCCC3)s2)c(S(=O)(=O)NC(C)(C)C)c1. The van der Waals surface area contributed by atoms with Gasteiger partial charge in [0, 0.05) is 28.9 Å². The average molecular weight is 551 g/mol. The summed E-state index contributed by atoms with van der Waals surface area (Å²) >= 11 is 1.56. The molecule has 1 unspecified atom stereocenters. The van der Waals surface area contributed by atoms with E-state index in [4.69, 9.17) is 10.5 Å². The standard InChI is InChI=1S/C27H42N4O4S2/c1-5-9-19(14-15-28)18-35-26(32)30-21-12-13-22(24(16-21)37(33,34)31-27(2,3)4)23-17-29-25(36-23)20-10-7-6-8-11-20/h12-13,16-17,19-20,31H,5-11,14-15,18,28H2,1-4H3,(H,30,32). The molecule has 0 spiro atoms. The highest BCUT2D eigenvalue weighted by atomic mass is 32.2. The van der Waals surface area contributed by atoms with Crippen LogP contribution in [0.1, 0.15) is 90.0 Å². The Morgan fingerprint density at radius 2 is 1.95 bits per heavy atom. The molecule has 4 N–H and O–H groups in total. The van der Waals surface area contributed by atoms with Gasteiger partial charge in [0.2, 0.25) is 10.0 Å². The molecule has 206 valence electrons. The maximum Gasteiger partial charge on any atom is 0.411 e. The van der Waals surface area contributed by atoms with Crippen molar-refractivity contribution < 1.29 is 17.9 Å². The molecule has 37 heavy (non-hydrogen) atoms. The Balaban J connectivity index is 1.86. The van der Waals surface area contributed by atoms with Crippen LogP contribution in [0.4, 0.5) is 10.5 Å². The first-order valence-corrected chi connectivity index (χ1v) is 15.6. The second kappa shape index (κ2) is 13.2. The number of benzene rings is 1. The first kappa shape index (κ1) is 29.5. The minimum Gasteiger partial charge on any atom is -0.449 e. The topological polar surface area (TPSA) is 123 Å². The van der Waals surface area contributed by atoms with Gasteiger partial charge in [-0.15, -0.1) is 11.3 Å². The van der Waals surface area contributed by atoms with E-state index in [1.807, 2.05) is 0 Å². The molecule has 1 fully saturated rings. The van der Waals surface area contributed by atoms with Crippen molar-refractivity contribution in [1.82, 2.24) is 9.71 Å². The Bertz CT molecular complexity index is 1130. The van der Waals surface area contributed by atoms with Gasteiger partial charge in [0.15, 0.2) is 0 Å². The summed E-state index contributed by atoms with van der Waals surface area (Å²) in [6.45, 7) is 8.29. The average Bonchev–Trinajstić information content (AvgIpc) is 3.32. The van der Waals surface area contributed by atoms with Gasteiger partial charge in [0.05, 0.1) is 21.4 Å². The highest BCUT2D eigenvalue weighted by Crippen LogP contribution is 2.39. The number of anilines is 1. The predicted octanol–water partition coefficient (Wildman–Crippen LogP) is 6.25. The van der Waals surface area contributed by atoms with Crippen molar-refractivity contribution in [3.63, 3.8) is 0 Å². The van der Waals surface area contributed by atoms with Gasteiger partial charge in [-0.1, -0.05) is 38.7 Å². The van der Waals surface area contributed by atoms with E-state index in [-0.39, 0.29) is 17.4 Å². The Labute approximate surface area is 225 Å². The van der Waals surface area contributed by atoms with Gasteiger partial charge in [-0.05, 0) is 71.0 Å². The number of thiazole rings is 1. The normalized spacial score (nSPS) is 15.9. The van der Waals surface area contributed by atoms with Crippen LogP contribution < -0.4 is 15.8 Å². The van der Waals surface area contributed by atoms with Crippen LogP contribution in [0.3, 0.4) is 0 Å². The van der Waals surface area contributed by atoms with E-state index in [0.717, 1.165) is 42.0 Å². The quantitative estimate of drug-likeness (QED) is 0.304. The molecule has 1 aromatic carbocycles. The van der Waals surface area contributed by atoms with E-state index in [2.05, 4.69) is 21.9 Å². The maximum atomic E-state index is 13.5. The minimum atomic E-state index is -3.89. The van der Waals surface area contributed by atoms with Crippen molar-refractivity contribution >= 4 is 33.1 Å². The summed E-state index contributed by atoms with van der Waals surface area (Å²) in [5.41, 5.74) is 5.93. The Morgan fingerprint density at radius 1 is 1.22 bits per heavy atom. The first-order valence-electron chi connectivity index (χ1n) is 13.3. The molecule has 1 atom stereocenters. The highest BCUT2D eigenvalue weighted by Gasteiger charge is 2.27. The summed E-state index contributed by atoms with van der Waals surface area (Å²) in [5, 5.41) is 3.76. The number of amides is 1. The molecular formula is C27H42N4O4S2. The number of aromatic nitrogens is 1. The molecule has 1 amide bonds. The lowest BCUT2D eigenvalue weighted by Crippen LogP contribution is -2.40. The number of nitrogens with one attached hydrogen (secondary N) is 2. The van der Waals surface area contributed by atoms with E-state index >= 15 is 0 Å². The van der Waals surface area contributed by atoms with Crippen molar-refractivity contribution in [3.8, 4) is 10.4 Å². The molecule has 10 heteroatoms. The molecular weight excluding hydrogens is 508 g/mol. The third kappa shape index (κ3) is 8.77. The van der Waals surface area contributed by atoms with E-state index in [9.17, 15) is 13.2 Å². The number of hydrogen-bond acceptors (Lipinski definition) is 7. The number of nitrogens with two attached hydrogens (primary N) is 1. The van der Waals surface area contributed by atoms with Gasteiger partial charge in [-0.25, -0.2) is 22.9 Å². The fraction of sp³-hybridized carbons (Fsp3) is 0.630. The summed E-state index contributed by atoms with van der Waals surface area (Å²) in [7, 11) is -3.89. The zero-order chi connectivity index (χ0) is 27.1. The summed E-state index contributed by atoms with van der Waals surface area (Å²) in [6.07, 6.45) is 9.78. The van der Waals surface area contributed by atoms with Crippen LogP contribution in [-0.2, 0) is 14.8 Å². The van der Waals surface area contributed by atoms with Gasteiger partial charge in [-0.3, -0.25) is 5.32 Å². The van der Waals surface area contributed by atoms with Crippen molar-refractivity contribution in [2.75, 3.05) is 18.5 Å². The summed E-state index contributed by atoms with van der Waals surface area (Å²) in [6, 6.07) is 4.93. The lowest BCUT2D eigenvalue weighted by molar-refractivity contribution is 0.136. The highest BCUT2D eigenvalue weighted by molar-refractivity contribution is 7.89. The molecule has 1 aliphatic rings. The molecule has 1 saturated carbocycles. The van der Waals surface area contributed by atoms with Crippen LogP contribution >= 0.6 is 11.3 Å². The number of ether oxygens (including phenoxy) is 1. The molecule has 0 aliphatic heterocycles. The van der Waals surface area contributed by atoms with Crippen LogP contribution in [0.15, 0.2) is 29.3 Å². The second-order valence-electron chi connectivity index (χ2n) is 10.9. The van der Waals surface area contributed by atoms with Gasteiger partial charge < -0.3 is 10.5 Å². The van der Waals surface area contributed by atoms with E-state index in [0.29, 0.717) is 23.7 Å². The lowest BCUT2D eigenvalue weighted by Gasteiger charge is -2.22. The van der Waals surface area contributed by atoms with E-state index < -0.39 is 21.7 Å². The van der Waals surface area contributed by atoms with E-state index in [1.165, 1.54) is 25.3 Å². The van der Waals surface area contributed by atoms with Gasteiger partial charge in [-0.2, -0.15) is 0 Å². The van der Waals surface area contributed by atoms with E-state index in [1.54, 1.807) is 50.4 Å². The predicted molar refractivity (Wildman–Crippen MR) is 150 cm³/mol. The van der Waals surface area contributed by atoms with Gasteiger partial charge in [0.25, 0.3) is 0 Å². The van der Waals surface area contributed by atoms with Crippen molar-refractivity contribution in [1.29, 1.82) is 0 Å². The molecule has 0 radical (unpaired) electrons. The second-order valence-corrected chi connectivity index (χ2v) is 13.6. The smallest absolute Gasteiger partial charge is 0.411 e. The van der Waals surface area contributed by atoms with Crippen LogP contribution in [0.25, 0.3) is 10.4 Å². The third-order valence-corrected chi connectivity index (χ3v) is 9.41. The molecule has 1 heterocycles. The number of carbonyl (C=O) groups excluding carboxylic acids is 1. The molecule has 2 aromatic rings. The van der Waals surface area contributed by atoms with Crippen LogP contribution in [0.2, 0.25) is 0 Å². The van der Waals surface area contributed by atoms with Crippen LogP contribution in [0.5, 0.6) is 0 Å². The monoisotopic (exact) mass is 550 g/mol. The van der Waals surface area contributed by atoms with Crippen LogP contribution in [0, 0.1) is 5.92 Å². The molecule has 8 nitrogen and oxygen atoms in total. The van der Waals surface area contributed by atoms with Gasteiger partial charge >= 0.3 is 6.09 Å². The number of rotatable bonds is 11. The number of hydrogen-bond donors (Lipinski definition) is 3. The summed E-state index contributed by atoms with van der Waals surface area (Å²) in [5.74, 6) is 0.645. The largest absolute Gasteiger partial charge is 0.449 e. The van der Waals surface area contributed by atoms with Crippen LogP contribution in [-0.4, -0.2) is 38.2 Å². The minimum absolute atomic E-state index is 0.103. The Kier molecular flexibility index (Phi) is 10.5. The van der Waals surface area contributed by atoms with Crippen molar-refractivity contribution in [3.05, 3.63) is 29.4 Å². The molecule has 0 saturated heterocycles. The Hall–Kier alpha value is -2.01. The number of nitrogens with zero attached hydrogens (tertiary/aromatic N) is 1. The molecule has 0 bridgehead atoms. The zero-order valence-electron chi connectivity index (χ0n) is 22.5. The third-order valence-electron chi connectivity index (χ3n) is 6.42. The zero-order valence-corrected chi connectivity index (χ0v) is 24.1. The van der Waals surface area contributed by atoms with Crippen molar-refractivity contribution in [2.24, 2.45) is 11.7 Å². The molecule has 1 aromatic heterocycles. The fourth-order valence-corrected chi connectivity index (χ4v) is 7.59. The molecule has 1 aliphatic carbocycles. The summed E-state index contributed by atoms with van der Waals surface area (Å²) in [4.78, 5) is 18.1. The van der Waals surface area contributed by atoms with Crippen molar-refractivity contribution in [2.45, 2.75) is 95.4 Å². The maximum absolute atomic E-state index is 13.5. The van der Waals surface area contributed by atoms with Gasteiger partial charge in [0.1, 0.15) is 0 Å². The lowest BCUT2D eigenvalue weighted by atomic mass is 9.90. The molecule has 3 rings (SSSR count). The summed E-state index contributed by atoms with van der Waals surface area (Å²) < 4.78 is 35.1. The first-order chi connectivity index (χ1) is 17.5. The number of sulfonamides is 1.